The van der Waals surface area contributed by atoms with Crippen LogP contribution < -0.4 is 10.5 Å². The highest BCUT2D eigenvalue weighted by molar-refractivity contribution is 7.80. The number of thiocarbonyl (C=S) groups is 1. The standard InChI is InChI=1S/C13H17ClN2O2S/c14-12-9-10(1-2-11(12)13(15)19)18-8-5-16-3-6-17-7-4-16/h1-2,9H,3-8H2,(H2,15,19). The van der Waals surface area contributed by atoms with Crippen molar-refractivity contribution in [3.63, 3.8) is 0 Å². The van der Waals surface area contributed by atoms with Gasteiger partial charge in [-0.15, -0.1) is 0 Å². The number of hydrogen-bond acceptors (Lipinski definition) is 4. The van der Waals surface area contributed by atoms with E-state index in [4.69, 9.17) is 39.0 Å². The van der Waals surface area contributed by atoms with Gasteiger partial charge in [-0.25, -0.2) is 0 Å². The number of rotatable bonds is 5. The summed E-state index contributed by atoms with van der Waals surface area (Å²) in [6.45, 7) is 5.04. The zero-order chi connectivity index (χ0) is 13.7. The van der Waals surface area contributed by atoms with Gasteiger partial charge in [-0.3, -0.25) is 4.90 Å². The fraction of sp³-hybridized carbons (Fsp3) is 0.462. The monoisotopic (exact) mass is 300 g/mol. The Bertz CT molecular complexity index is 450. The van der Waals surface area contributed by atoms with Gasteiger partial charge in [0.15, 0.2) is 0 Å². The number of morpholine rings is 1. The summed E-state index contributed by atoms with van der Waals surface area (Å²) in [5, 5.41) is 0.524. The molecule has 6 heteroatoms. The second-order valence-corrected chi connectivity index (χ2v) is 5.16. The highest BCUT2D eigenvalue weighted by atomic mass is 35.5. The number of hydrogen-bond donors (Lipinski definition) is 1. The lowest BCUT2D eigenvalue weighted by molar-refractivity contribution is 0.0322. The van der Waals surface area contributed by atoms with E-state index in [2.05, 4.69) is 4.90 Å². The van der Waals surface area contributed by atoms with E-state index in [0.717, 1.165) is 38.6 Å². The highest BCUT2D eigenvalue weighted by Crippen LogP contribution is 2.22. The molecular formula is C13H17ClN2O2S. The summed E-state index contributed by atoms with van der Waals surface area (Å²) < 4.78 is 11.0. The minimum Gasteiger partial charge on any atom is -0.492 e. The van der Waals surface area contributed by atoms with Crippen molar-refractivity contribution in [3.8, 4) is 5.75 Å². The average molecular weight is 301 g/mol. The molecule has 0 atom stereocenters. The maximum absolute atomic E-state index is 6.08. The fourth-order valence-corrected chi connectivity index (χ4v) is 2.41. The Hall–Kier alpha value is -0.880. The molecule has 0 radical (unpaired) electrons. The minimum absolute atomic E-state index is 0.296. The molecule has 0 spiro atoms. The van der Waals surface area contributed by atoms with Crippen molar-refractivity contribution < 1.29 is 9.47 Å². The molecule has 2 rings (SSSR count). The predicted octanol–water partition coefficient (Wildman–Crippen LogP) is 1.69. The highest BCUT2D eigenvalue weighted by Gasteiger charge is 2.10. The van der Waals surface area contributed by atoms with Gasteiger partial charge in [0, 0.05) is 25.2 Å². The van der Waals surface area contributed by atoms with E-state index in [1.54, 1.807) is 12.1 Å². The van der Waals surface area contributed by atoms with Crippen LogP contribution in [0.5, 0.6) is 5.75 Å². The largest absolute Gasteiger partial charge is 0.492 e. The molecular weight excluding hydrogens is 284 g/mol. The van der Waals surface area contributed by atoms with Crippen LogP contribution in [0, 0.1) is 0 Å². The van der Waals surface area contributed by atoms with Crippen LogP contribution in [-0.4, -0.2) is 49.3 Å². The maximum atomic E-state index is 6.08. The van der Waals surface area contributed by atoms with Crippen LogP contribution in [-0.2, 0) is 4.74 Å². The minimum atomic E-state index is 0.296. The zero-order valence-electron chi connectivity index (χ0n) is 10.6. The van der Waals surface area contributed by atoms with Gasteiger partial charge in [0.25, 0.3) is 0 Å². The Kier molecular flexibility index (Phi) is 5.39. The quantitative estimate of drug-likeness (QED) is 0.839. The molecule has 1 aliphatic heterocycles. The van der Waals surface area contributed by atoms with E-state index >= 15 is 0 Å². The van der Waals surface area contributed by atoms with Crippen LogP contribution in [0.25, 0.3) is 0 Å². The molecule has 4 nitrogen and oxygen atoms in total. The summed E-state index contributed by atoms with van der Waals surface area (Å²) in [7, 11) is 0. The Morgan fingerprint density at radius 3 is 2.79 bits per heavy atom. The first-order valence-electron chi connectivity index (χ1n) is 6.19. The first-order valence-corrected chi connectivity index (χ1v) is 6.97. The van der Waals surface area contributed by atoms with E-state index in [1.165, 1.54) is 0 Å². The van der Waals surface area contributed by atoms with Crippen LogP contribution in [0.15, 0.2) is 18.2 Å². The third-order valence-corrected chi connectivity index (χ3v) is 3.52. The van der Waals surface area contributed by atoms with E-state index in [9.17, 15) is 0 Å². The van der Waals surface area contributed by atoms with Gasteiger partial charge in [0.05, 0.1) is 18.2 Å². The molecule has 1 aliphatic rings. The molecule has 0 unspecified atom stereocenters. The Labute approximate surface area is 123 Å². The molecule has 2 N–H and O–H groups in total. The summed E-state index contributed by atoms with van der Waals surface area (Å²) in [5.74, 6) is 0.734. The summed E-state index contributed by atoms with van der Waals surface area (Å²) in [6.07, 6.45) is 0. The molecule has 19 heavy (non-hydrogen) atoms. The van der Waals surface area contributed by atoms with Gasteiger partial charge in [-0.05, 0) is 18.2 Å². The van der Waals surface area contributed by atoms with Crippen LogP contribution in [0.4, 0.5) is 0 Å². The lowest BCUT2D eigenvalue weighted by Gasteiger charge is -2.26. The van der Waals surface area contributed by atoms with Gasteiger partial charge < -0.3 is 15.2 Å². The molecule has 1 heterocycles. The summed E-state index contributed by atoms with van der Waals surface area (Å²) in [4.78, 5) is 2.61. The summed E-state index contributed by atoms with van der Waals surface area (Å²) in [5.41, 5.74) is 6.23. The molecule has 0 amide bonds. The normalized spacial score (nSPS) is 16.3. The number of benzene rings is 1. The Morgan fingerprint density at radius 2 is 2.16 bits per heavy atom. The van der Waals surface area contributed by atoms with Crippen molar-refractivity contribution in [2.45, 2.75) is 0 Å². The maximum Gasteiger partial charge on any atom is 0.120 e. The lowest BCUT2D eigenvalue weighted by Crippen LogP contribution is -2.38. The first-order chi connectivity index (χ1) is 9.16. The van der Waals surface area contributed by atoms with E-state index in [-0.39, 0.29) is 0 Å². The molecule has 0 aliphatic carbocycles. The zero-order valence-corrected chi connectivity index (χ0v) is 12.2. The SMILES string of the molecule is NC(=S)c1ccc(OCCN2CCOCC2)cc1Cl. The van der Waals surface area contributed by atoms with Crippen LogP contribution in [0.1, 0.15) is 5.56 Å². The van der Waals surface area contributed by atoms with Crippen molar-refractivity contribution in [2.24, 2.45) is 5.73 Å². The number of halogens is 1. The van der Waals surface area contributed by atoms with E-state index in [0.29, 0.717) is 22.2 Å². The predicted molar refractivity (Wildman–Crippen MR) is 80.1 cm³/mol. The third-order valence-electron chi connectivity index (χ3n) is 2.99. The van der Waals surface area contributed by atoms with Crippen molar-refractivity contribution >= 4 is 28.8 Å². The van der Waals surface area contributed by atoms with Gasteiger partial charge in [-0.1, -0.05) is 23.8 Å². The molecule has 1 aromatic rings. The fourth-order valence-electron chi connectivity index (χ4n) is 1.90. The van der Waals surface area contributed by atoms with Crippen molar-refractivity contribution in [1.82, 2.24) is 4.90 Å². The topological polar surface area (TPSA) is 47.7 Å². The summed E-state index contributed by atoms with van der Waals surface area (Å²) >= 11 is 11.0. The van der Waals surface area contributed by atoms with Crippen LogP contribution in [0.3, 0.4) is 0 Å². The van der Waals surface area contributed by atoms with E-state index < -0.39 is 0 Å². The molecule has 0 saturated carbocycles. The van der Waals surface area contributed by atoms with Crippen molar-refractivity contribution in [2.75, 3.05) is 39.5 Å². The first kappa shape index (κ1) is 14.5. The smallest absolute Gasteiger partial charge is 0.120 e. The van der Waals surface area contributed by atoms with Crippen molar-refractivity contribution in [3.05, 3.63) is 28.8 Å². The molecule has 1 fully saturated rings. The second-order valence-electron chi connectivity index (χ2n) is 4.31. The van der Waals surface area contributed by atoms with Gasteiger partial charge in [0.2, 0.25) is 0 Å². The van der Waals surface area contributed by atoms with Crippen molar-refractivity contribution in [1.29, 1.82) is 0 Å². The summed E-state index contributed by atoms with van der Waals surface area (Å²) in [6, 6.07) is 5.36. The van der Waals surface area contributed by atoms with Gasteiger partial charge >= 0.3 is 0 Å². The van der Waals surface area contributed by atoms with Gasteiger partial charge in [0.1, 0.15) is 17.3 Å². The third kappa shape index (κ3) is 4.31. The molecule has 1 saturated heterocycles. The Balaban J connectivity index is 1.82. The Morgan fingerprint density at radius 1 is 1.42 bits per heavy atom. The number of ether oxygens (including phenoxy) is 2. The van der Waals surface area contributed by atoms with Gasteiger partial charge in [-0.2, -0.15) is 0 Å². The second kappa shape index (κ2) is 7.05. The lowest BCUT2D eigenvalue weighted by atomic mass is 10.2. The van der Waals surface area contributed by atoms with Crippen LogP contribution >= 0.6 is 23.8 Å². The van der Waals surface area contributed by atoms with E-state index in [1.807, 2.05) is 6.07 Å². The molecule has 1 aromatic carbocycles. The number of nitrogens with two attached hydrogens (primary N) is 1. The molecule has 104 valence electrons. The molecule has 0 bridgehead atoms. The molecule has 0 aromatic heterocycles. The number of nitrogens with zero attached hydrogens (tertiary/aromatic N) is 1. The van der Waals surface area contributed by atoms with Crippen LogP contribution in [0.2, 0.25) is 5.02 Å². The average Bonchev–Trinajstić information content (AvgIpc) is 2.39.